The van der Waals surface area contributed by atoms with Gasteiger partial charge < -0.3 is 5.32 Å². The molecule has 0 aromatic heterocycles. The zero-order valence-corrected chi connectivity index (χ0v) is 15.2. The average molecular weight is 397 g/mol. The van der Waals surface area contributed by atoms with Gasteiger partial charge in [-0.25, -0.2) is 13.1 Å². The van der Waals surface area contributed by atoms with Gasteiger partial charge in [0, 0.05) is 10.2 Å². The van der Waals surface area contributed by atoms with Crippen molar-refractivity contribution in [2.45, 2.75) is 18.7 Å². The summed E-state index contributed by atoms with van der Waals surface area (Å²) >= 11 is 3.38. The Labute approximate surface area is 144 Å². The smallest absolute Gasteiger partial charge is 0.241 e. The van der Waals surface area contributed by atoms with E-state index >= 15 is 0 Å². The fourth-order valence-electron chi connectivity index (χ4n) is 1.95. The monoisotopic (exact) mass is 396 g/mol. The molecule has 5 nitrogen and oxygen atoms in total. The molecule has 2 rings (SSSR count). The molecule has 0 bridgehead atoms. The molecule has 0 aliphatic carbocycles. The van der Waals surface area contributed by atoms with Crippen molar-refractivity contribution >= 4 is 37.5 Å². The predicted molar refractivity (Wildman–Crippen MR) is 93.9 cm³/mol. The molecule has 0 radical (unpaired) electrons. The van der Waals surface area contributed by atoms with E-state index in [4.69, 9.17) is 0 Å². The molecule has 2 N–H and O–H groups in total. The molecule has 0 atom stereocenters. The number of halogens is 1. The molecule has 0 unspecified atom stereocenters. The Morgan fingerprint density at radius 1 is 1.13 bits per heavy atom. The molecule has 2 aromatic rings. The highest BCUT2D eigenvalue weighted by Crippen LogP contribution is 2.19. The molecule has 1 amide bonds. The number of nitrogens with one attached hydrogen (secondary N) is 2. The zero-order valence-electron chi connectivity index (χ0n) is 12.8. The lowest BCUT2D eigenvalue weighted by atomic mass is 10.2. The minimum Gasteiger partial charge on any atom is -0.325 e. The normalized spacial score (nSPS) is 11.3. The number of amides is 1. The van der Waals surface area contributed by atoms with Gasteiger partial charge in [-0.15, -0.1) is 0 Å². The summed E-state index contributed by atoms with van der Waals surface area (Å²) in [6, 6.07) is 11.9. The highest BCUT2D eigenvalue weighted by atomic mass is 79.9. The SMILES string of the molecule is Cc1cccc(S(=O)(=O)NCC(=O)Nc2ccc(Br)c(C)c2)c1. The van der Waals surface area contributed by atoms with Crippen LogP contribution in [0.25, 0.3) is 0 Å². The van der Waals surface area contributed by atoms with Crippen LogP contribution in [0.15, 0.2) is 51.8 Å². The Morgan fingerprint density at radius 2 is 1.87 bits per heavy atom. The van der Waals surface area contributed by atoms with E-state index in [1.807, 2.05) is 26.0 Å². The summed E-state index contributed by atoms with van der Waals surface area (Å²) in [5.74, 6) is -0.428. The number of carbonyl (C=O) groups excluding carboxylic acids is 1. The molecule has 7 heteroatoms. The number of hydrogen-bond acceptors (Lipinski definition) is 3. The molecule has 0 heterocycles. The van der Waals surface area contributed by atoms with Crippen molar-refractivity contribution < 1.29 is 13.2 Å². The molecule has 2 aromatic carbocycles. The summed E-state index contributed by atoms with van der Waals surface area (Å²) in [5, 5.41) is 2.66. The lowest BCUT2D eigenvalue weighted by Crippen LogP contribution is -2.32. The molecule has 0 saturated heterocycles. The standard InChI is InChI=1S/C16H17BrN2O3S/c1-11-4-3-5-14(8-11)23(21,22)18-10-16(20)19-13-6-7-15(17)12(2)9-13/h3-9,18H,10H2,1-2H3,(H,19,20). The number of rotatable bonds is 5. The van der Waals surface area contributed by atoms with Crippen molar-refractivity contribution in [3.8, 4) is 0 Å². The predicted octanol–water partition coefficient (Wildman–Crippen LogP) is 2.98. The maximum absolute atomic E-state index is 12.1. The number of aryl methyl sites for hydroxylation is 2. The summed E-state index contributed by atoms with van der Waals surface area (Å²) in [7, 11) is -3.70. The first kappa shape index (κ1) is 17.7. The largest absolute Gasteiger partial charge is 0.325 e. The van der Waals surface area contributed by atoms with E-state index in [-0.39, 0.29) is 11.4 Å². The van der Waals surface area contributed by atoms with Crippen LogP contribution in [-0.4, -0.2) is 20.9 Å². The van der Waals surface area contributed by atoms with Crippen molar-refractivity contribution in [2.24, 2.45) is 0 Å². The fourth-order valence-corrected chi connectivity index (χ4v) is 3.29. The van der Waals surface area contributed by atoms with Crippen LogP contribution >= 0.6 is 15.9 Å². The highest BCUT2D eigenvalue weighted by Gasteiger charge is 2.15. The molecular weight excluding hydrogens is 380 g/mol. The van der Waals surface area contributed by atoms with E-state index in [1.54, 1.807) is 24.3 Å². The molecular formula is C16H17BrN2O3S. The Balaban J connectivity index is 1.99. The van der Waals surface area contributed by atoms with E-state index in [9.17, 15) is 13.2 Å². The van der Waals surface area contributed by atoms with Gasteiger partial charge in [-0.1, -0.05) is 28.1 Å². The number of hydrogen-bond donors (Lipinski definition) is 2. The minimum atomic E-state index is -3.70. The van der Waals surface area contributed by atoms with Gasteiger partial charge in [0.2, 0.25) is 15.9 Å². The van der Waals surface area contributed by atoms with Gasteiger partial charge in [0.15, 0.2) is 0 Å². The first-order valence-electron chi connectivity index (χ1n) is 6.90. The van der Waals surface area contributed by atoms with Gasteiger partial charge >= 0.3 is 0 Å². The zero-order chi connectivity index (χ0) is 17.0. The quantitative estimate of drug-likeness (QED) is 0.815. The Bertz CT molecular complexity index is 835. The van der Waals surface area contributed by atoms with Crippen molar-refractivity contribution in [1.29, 1.82) is 0 Å². The second-order valence-corrected chi connectivity index (χ2v) is 7.77. The maximum atomic E-state index is 12.1. The second-order valence-electron chi connectivity index (χ2n) is 5.15. The molecule has 122 valence electrons. The van der Waals surface area contributed by atoms with Crippen LogP contribution < -0.4 is 10.0 Å². The van der Waals surface area contributed by atoms with E-state index in [0.29, 0.717) is 5.69 Å². The molecule has 0 fully saturated rings. The van der Waals surface area contributed by atoms with E-state index < -0.39 is 15.9 Å². The Kier molecular flexibility index (Phi) is 5.56. The van der Waals surface area contributed by atoms with Gasteiger partial charge in [-0.05, 0) is 55.3 Å². The molecule has 0 aliphatic rings. The van der Waals surface area contributed by atoms with E-state index in [1.165, 1.54) is 6.07 Å². The molecule has 0 aliphatic heterocycles. The number of sulfonamides is 1. The number of anilines is 1. The van der Waals surface area contributed by atoms with Crippen LogP contribution in [-0.2, 0) is 14.8 Å². The lowest BCUT2D eigenvalue weighted by Gasteiger charge is -2.09. The summed E-state index contributed by atoms with van der Waals surface area (Å²) in [6.07, 6.45) is 0. The Hall–Kier alpha value is -1.70. The van der Waals surface area contributed by atoms with Crippen molar-refractivity contribution in [3.05, 3.63) is 58.1 Å². The third-order valence-corrected chi connectivity index (χ3v) is 5.45. The van der Waals surface area contributed by atoms with Gasteiger partial charge in [0.25, 0.3) is 0 Å². The van der Waals surface area contributed by atoms with Crippen molar-refractivity contribution in [1.82, 2.24) is 4.72 Å². The minimum absolute atomic E-state index is 0.143. The van der Waals surface area contributed by atoms with Crippen LogP contribution in [0.3, 0.4) is 0 Å². The van der Waals surface area contributed by atoms with Crippen molar-refractivity contribution in [2.75, 3.05) is 11.9 Å². The first-order valence-corrected chi connectivity index (χ1v) is 9.18. The highest BCUT2D eigenvalue weighted by molar-refractivity contribution is 9.10. The average Bonchev–Trinajstić information content (AvgIpc) is 2.49. The van der Waals surface area contributed by atoms with Crippen LogP contribution in [0.1, 0.15) is 11.1 Å². The van der Waals surface area contributed by atoms with Gasteiger partial charge in [-0.3, -0.25) is 4.79 Å². The number of carbonyl (C=O) groups is 1. The van der Waals surface area contributed by atoms with Crippen LogP contribution in [0.2, 0.25) is 0 Å². The molecule has 0 spiro atoms. The van der Waals surface area contributed by atoms with Gasteiger partial charge in [0.1, 0.15) is 0 Å². The first-order chi connectivity index (χ1) is 10.8. The lowest BCUT2D eigenvalue weighted by molar-refractivity contribution is -0.115. The number of benzene rings is 2. The second kappa shape index (κ2) is 7.25. The van der Waals surface area contributed by atoms with Gasteiger partial charge in [-0.2, -0.15) is 0 Å². The van der Waals surface area contributed by atoms with Crippen molar-refractivity contribution in [3.63, 3.8) is 0 Å². The third-order valence-electron chi connectivity index (χ3n) is 3.16. The summed E-state index contributed by atoms with van der Waals surface area (Å²) in [5.41, 5.74) is 2.43. The third kappa shape index (κ3) is 4.89. The topological polar surface area (TPSA) is 75.3 Å². The van der Waals surface area contributed by atoms with Crippen LogP contribution in [0.5, 0.6) is 0 Å². The van der Waals surface area contributed by atoms with Crippen LogP contribution in [0, 0.1) is 13.8 Å². The summed E-state index contributed by atoms with van der Waals surface area (Å²) in [4.78, 5) is 12.0. The maximum Gasteiger partial charge on any atom is 0.241 e. The van der Waals surface area contributed by atoms with E-state index in [2.05, 4.69) is 26.0 Å². The molecule has 0 saturated carbocycles. The Morgan fingerprint density at radius 3 is 2.52 bits per heavy atom. The van der Waals surface area contributed by atoms with E-state index in [0.717, 1.165) is 15.6 Å². The van der Waals surface area contributed by atoms with Gasteiger partial charge in [0.05, 0.1) is 11.4 Å². The fraction of sp³-hybridized carbons (Fsp3) is 0.188. The summed E-state index contributed by atoms with van der Waals surface area (Å²) < 4.78 is 27.5. The van der Waals surface area contributed by atoms with Crippen LogP contribution in [0.4, 0.5) is 5.69 Å². The molecule has 23 heavy (non-hydrogen) atoms. The summed E-state index contributed by atoms with van der Waals surface area (Å²) in [6.45, 7) is 3.38.